The number of nitrogens with zero attached hydrogens (tertiary/aromatic N) is 2. The molecule has 0 spiro atoms. The molecule has 5 heteroatoms. The predicted molar refractivity (Wildman–Crippen MR) is 78.3 cm³/mol. The zero-order chi connectivity index (χ0) is 14.4. The highest BCUT2D eigenvalue weighted by atomic mass is 16.1. The van der Waals surface area contributed by atoms with Crippen molar-refractivity contribution in [1.82, 2.24) is 20.2 Å². The molecule has 0 aliphatic heterocycles. The molecule has 1 aromatic carbocycles. The molecule has 0 unspecified atom stereocenters. The van der Waals surface area contributed by atoms with Gasteiger partial charge in [0.25, 0.3) is 5.91 Å². The zero-order valence-corrected chi connectivity index (χ0v) is 11.9. The van der Waals surface area contributed by atoms with Gasteiger partial charge in [-0.2, -0.15) is 0 Å². The van der Waals surface area contributed by atoms with Gasteiger partial charge >= 0.3 is 0 Å². The maximum atomic E-state index is 11.4. The van der Waals surface area contributed by atoms with Crippen molar-refractivity contribution < 1.29 is 4.79 Å². The number of carbonyl (C=O) groups is 1. The molecule has 20 heavy (non-hydrogen) atoms. The van der Waals surface area contributed by atoms with E-state index in [1.54, 1.807) is 7.05 Å². The Bertz CT molecular complexity index is 560. The quantitative estimate of drug-likeness (QED) is 0.839. The summed E-state index contributed by atoms with van der Waals surface area (Å²) in [6, 6.07) is 7.61. The lowest BCUT2D eigenvalue weighted by molar-refractivity contribution is 0.0963. The molecule has 1 amide bonds. The highest BCUT2D eigenvalue weighted by Crippen LogP contribution is 2.05. The number of hydrogen-bond donors (Lipinski definition) is 2. The van der Waals surface area contributed by atoms with E-state index in [1.807, 2.05) is 36.8 Å². The van der Waals surface area contributed by atoms with Gasteiger partial charge in [0.1, 0.15) is 0 Å². The molecule has 0 saturated heterocycles. The summed E-state index contributed by atoms with van der Waals surface area (Å²) in [4.78, 5) is 15.6. The number of rotatable bonds is 6. The summed E-state index contributed by atoms with van der Waals surface area (Å²) in [5.74, 6) is -0.0589. The third kappa shape index (κ3) is 3.45. The van der Waals surface area contributed by atoms with Gasteiger partial charge in [0, 0.05) is 38.4 Å². The Kier molecular flexibility index (Phi) is 4.90. The van der Waals surface area contributed by atoms with E-state index in [9.17, 15) is 4.79 Å². The Labute approximate surface area is 119 Å². The van der Waals surface area contributed by atoms with Crippen LogP contribution in [-0.2, 0) is 19.6 Å². The summed E-state index contributed by atoms with van der Waals surface area (Å²) in [5, 5.41) is 5.99. The summed E-state index contributed by atoms with van der Waals surface area (Å²) in [5.41, 5.74) is 3.01. The summed E-state index contributed by atoms with van der Waals surface area (Å²) in [6.07, 6.45) is 3.72. The molecule has 5 nitrogen and oxygen atoms in total. The molecule has 0 bridgehead atoms. The second-order valence-corrected chi connectivity index (χ2v) is 4.55. The first kappa shape index (κ1) is 14.3. The second kappa shape index (κ2) is 6.86. The van der Waals surface area contributed by atoms with Gasteiger partial charge in [-0.15, -0.1) is 0 Å². The van der Waals surface area contributed by atoms with E-state index in [2.05, 4.69) is 27.1 Å². The first-order valence-corrected chi connectivity index (χ1v) is 6.75. The second-order valence-electron chi connectivity index (χ2n) is 4.55. The van der Waals surface area contributed by atoms with Crippen LogP contribution >= 0.6 is 0 Å². The molecule has 0 aliphatic rings. The minimum atomic E-state index is -0.0589. The van der Waals surface area contributed by atoms with Crippen molar-refractivity contribution in [2.24, 2.45) is 0 Å². The molecule has 1 aromatic heterocycles. The average molecular weight is 272 g/mol. The van der Waals surface area contributed by atoms with E-state index in [0.29, 0.717) is 5.56 Å². The minimum Gasteiger partial charge on any atom is -0.355 e. The molecule has 0 atom stereocenters. The lowest BCUT2D eigenvalue weighted by Crippen LogP contribution is -2.18. The largest absolute Gasteiger partial charge is 0.355 e. The lowest BCUT2D eigenvalue weighted by atomic mass is 10.1. The molecular weight excluding hydrogens is 252 g/mol. The van der Waals surface area contributed by atoms with Crippen molar-refractivity contribution in [3.05, 3.63) is 53.6 Å². The summed E-state index contributed by atoms with van der Waals surface area (Å²) < 4.78 is 2.11. The highest BCUT2D eigenvalue weighted by molar-refractivity contribution is 5.93. The summed E-state index contributed by atoms with van der Waals surface area (Å²) in [7, 11) is 1.63. The number of imidazole rings is 1. The Hall–Kier alpha value is -2.14. The standard InChI is InChI=1S/C15H20N4O/c1-3-19-11-18-10-14(19)9-17-8-12-4-6-13(7-5-12)15(20)16-2/h4-7,10-11,17H,3,8-9H2,1-2H3,(H,16,20). The van der Waals surface area contributed by atoms with Crippen molar-refractivity contribution in [3.8, 4) is 0 Å². The van der Waals surface area contributed by atoms with Gasteiger partial charge in [-0.1, -0.05) is 12.1 Å². The Balaban J connectivity index is 1.87. The number of carbonyl (C=O) groups excluding carboxylic acids is 1. The van der Waals surface area contributed by atoms with E-state index in [-0.39, 0.29) is 5.91 Å². The Morgan fingerprint density at radius 1 is 1.25 bits per heavy atom. The zero-order valence-electron chi connectivity index (χ0n) is 11.9. The van der Waals surface area contributed by atoms with Gasteiger partial charge in [0.05, 0.1) is 12.0 Å². The highest BCUT2D eigenvalue weighted by Gasteiger charge is 2.03. The molecule has 0 radical (unpaired) electrons. The van der Waals surface area contributed by atoms with Crippen LogP contribution in [0.25, 0.3) is 0 Å². The summed E-state index contributed by atoms with van der Waals surface area (Å²) in [6.45, 7) is 4.58. The van der Waals surface area contributed by atoms with Crippen LogP contribution in [0.1, 0.15) is 28.5 Å². The molecule has 2 aromatic rings. The average Bonchev–Trinajstić information content (AvgIpc) is 2.94. The van der Waals surface area contributed by atoms with Crippen LogP contribution in [0.3, 0.4) is 0 Å². The number of aromatic nitrogens is 2. The third-order valence-corrected chi connectivity index (χ3v) is 3.22. The van der Waals surface area contributed by atoms with E-state index < -0.39 is 0 Å². The molecule has 0 saturated carbocycles. The molecular formula is C15H20N4O. The van der Waals surface area contributed by atoms with E-state index in [0.717, 1.165) is 25.2 Å². The first-order valence-electron chi connectivity index (χ1n) is 6.75. The van der Waals surface area contributed by atoms with Gasteiger partial charge in [-0.25, -0.2) is 4.98 Å². The number of amides is 1. The monoisotopic (exact) mass is 272 g/mol. The van der Waals surface area contributed by atoms with Crippen molar-refractivity contribution in [2.45, 2.75) is 26.6 Å². The van der Waals surface area contributed by atoms with Gasteiger partial charge in [0.15, 0.2) is 0 Å². The van der Waals surface area contributed by atoms with Crippen LogP contribution in [0, 0.1) is 0 Å². The topological polar surface area (TPSA) is 59.0 Å². The van der Waals surface area contributed by atoms with Crippen LogP contribution in [0.5, 0.6) is 0 Å². The summed E-state index contributed by atoms with van der Waals surface area (Å²) >= 11 is 0. The van der Waals surface area contributed by atoms with Gasteiger partial charge in [-0.3, -0.25) is 4.79 Å². The lowest BCUT2D eigenvalue weighted by Gasteiger charge is -2.08. The normalized spacial score (nSPS) is 10.5. The maximum absolute atomic E-state index is 11.4. The molecule has 1 heterocycles. The molecule has 0 fully saturated rings. The Morgan fingerprint density at radius 3 is 2.65 bits per heavy atom. The molecule has 2 rings (SSSR count). The third-order valence-electron chi connectivity index (χ3n) is 3.22. The fourth-order valence-corrected chi connectivity index (χ4v) is 2.03. The van der Waals surface area contributed by atoms with Gasteiger partial charge in [-0.05, 0) is 24.6 Å². The van der Waals surface area contributed by atoms with E-state index in [1.165, 1.54) is 5.69 Å². The van der Waals surface area contributed by atoms with Crippen LogP contribution in [0.2, 0.25) is 0 Å². The predicted octanol–water partition coefficient (Wildman–Crippen LogP) is 1.55. The van der Waals surface area contributed by atoms with Crippen molar-refractivity contribution in [1.29, 1.82) is 0 Å². The van der Waals surface area contributed by atoms with Gasteiger partial charge in [0.2, 0.25) is 0 Å². The molecule has 106 valence electrons. The van der Waals surface area contributed by atoms with Crippen LogP contribution in [0.15, 0.2) is 36.8 Å². The fourth-order valence-electron chi connectivity index (χ4n) is 2.03. The smallest absolute Gasteiger partial charge is 0.251 e. The number of aryl methyl sites for hydroxylation is 1. The van der Waals surface area contributed by atoms with Crippen molar-refractivity contribution >= 4 is 5.91 Å². The molecule has 0 aliphatic carbocycles. The van der Waals surface area contributed by atoms with E-state index in [4.69, 9.17) is 0 Å². The Morgan fingerprint density at radius 2 is 2.00 bits per heavy atom. The SMILES string of the molecule is CCn1cncc1CNCc1ccc(C(=O)NC)cc1. The van der Waals surface area contributed by atoms with Gasteiger partial charge < -0.3 is 15.2 Å². The van der Waals surface area contributed by atoms with Crippen LogP contribution in [-0.4, -0.2) is 22.5 Å². The number of hydrogen-bond acceptors (Lipinski definition) is 3. The number of nitrogens with one attached hydrogen (secondary N) is 2. The molecule has 2 N–H and O–H groups in total. The van der Waals surface area contributed by atoms with Crippen molar-refractivity contribution in [3.63, 3.8) is 0 Å². The minimum absolute atomic E-state index is 0.0589. The van der Waals surface area contributed by atoms with Crippen LogP contribution < -0.4 is 10.6 Å². The fraction of sp³-hybridized carbons (Fsp3) is 0.333. The first-order chi connectivity index (χ1) is 9.74. The number of benzene rings is 1. The van der Waals surface area contributed by atoms with Crippen LogP contribution in [0.4, 0.5) is 0 Å². The van der Waals surface area contributed by atoms with E-state index >= 15 is 0 Å². The maximum Gasteiger partial charge on any atom is 0.251 e. The van der Waals surface area contributed by atoms with Crippen molar-refractivity contribution in [2.75, 3.05) is 7.05 Å².